The Hall–Kier alpha value is -1.35. The molecular weight excluding hydrogens is 216 g/mol. The van der Waals surface area contributed by atoms with Crippen molar-refractivity contribution >= 4 is 5.78 Å². The molecule has 0 saturated carbocycles. The van der Waals surface area contributed by atoms with Crippen LogP contribution in [0.15, 0.2) is 18.2 Å². The molecular formula is C14H20O3. The third-order valence-corrected chi connectivity index (χ3v) is 2.84. The molecule has 1 unspecified atom stereocenters. The van der Waals surface area contributed by atoms with Crippen LogP contribution in [-0.4, -0.2) is 24.1 Å². The second kappa shape index (κ2) is 6.40. The molecule has 0 aromatic heterocycles. The maximum atomic E-state index is 12.0. The summed E-state index contributed by atoms with van der Waals surface area (Å²) in [6.45, 7) is 6.27. The lowest BCUT2D eigenvalue weighted by atomic mass is 9.95. The number of aliphatic hydroxyl groups excluding tert-OH is 1. The van der Waals surface area contributed by atoms with E-state index >= 15 is 0 Å². The molecule has 0 spiro atoms. The number of carbonyl (C=O) groups excluding carboxylic acids is 1. The molecule has 3 heteroatoms. The van der Waals surface area contributed by atoms with E-state index in [0.717, 1.165) is 11.3 Å². The van der Waals surface area contributed by atoms with Gasteiger partial charge in [-0.15, -0.1) is 0 Å². The zero-order valence-electron chi connectivity index (χ0n) is 10.7. The highest BCUT2D eigenvalue weighted by Crippen LogP contribution is 2.21. The number of rotatable bonds is 6. The van der Waals surface area contributed by atoms with Gasteiger partial charge in [0.25, 0.3) is 0 Å². The Labute approximate surface area is 102 Å². The molecule has 1 aromatic carbocycles. The molecule has 94 valence electrons. The Kier molecular flexibility index (Phi) is 5.16. The molecule has 0 amide bonds. The molecule has 0 aliphatic carbocycles. The molecule has 0 aliphatic rings. The number of Topliss-reactive ketones (excluding diaryl/α,β-unsaturated/α-hetero) is 1. The van der Waals surface area contributed by atoms with Crippen LogP contribution >= 0.6 is 0 Å². The maximum absolute atomic E-state index is 12.0. The van der Waals surface area contributed by atoms with Gasteiger partial charge in [0.2, 0.25) is 0 Å². The van der Waals surface area contributed by atoms with Gasteiger partial charge in [-0.05, 0) is 44.0 Å². The summed E-state index contributed by atoms with van der Waals surface area (Å²) in [5.74, 6) is 0.509. The van der Waals surface area contributed by atoms with E-state index < -0.39 is 0 Å². The topological polar surface area (TPSA) is 46.5 Å². The number of hydrogen-bond donors (Lipinski definition) is 1. The smallest absolute Gasteiger partial charge is 0.168 e. The second-order valence-corrected chi connectivity index (χ2v) is 4.07. The molecule has 1 N–H and O–H groups in total. The van der Waals surface area contributed by atoms with Crippen molar-refractivity contribution in [3.05, 3.63) is 29.3 Å². The molecule has 0 saturated heterocycles. The predicted molar refractivity (Wildman–Crippen MR) is 67.5 cm³/mol. The van der Waals surface area contributed by atoms with E-state index in [2.05, 4.69) is 0 Å². The molecule has 0 fully saturated rings. The van der Waals surface area contributed by atoms with Gasteiger partial charge in [0.1, 0.15) is 5.75 Å². The molecule has 17 heavy (non-hydrogen) atoms. The van der Waals surface area contributed by atoms with Crippen LogP contribution in [-0.2, 0) is 0 Å². The zero-order valence-corrected chi connectivity index (χ0v) is 10.7. The van der Waals surface area contributed by atoms with E-state index in [0.29, 0.717) is 18.6 Å². The lowest BCUT2D eigenvalue weighted by molar-refractivity contribution is 0.0856. The fourth-order valence-electron chi connectivity index (χ4n) is 1.75. The van der Waals surface area contributed by atoms with Gasteiger partial charge >= 0.3 is 0 Å². The Morgan fingerprint density at radius 2 is 2.12 bits per heavy atom. The van der Waals surface area contributed by atoms with Crippen LogP contribution in [0, 0.1) is 12.8 Å². The van der Waals surface area contributed by atoms with E-state index in [1.165, 1.54) is 0 Å². The summed E-state index contributed by atoms with van der Waals surface area (Å²) < 4.78 is 5.42. The van der Waals surface area contributed by atoms with Crippen molar-refractivity contribution in [2.24, 2.45) is 5.92 Å². The Morgan fingerprint density at radius 1 is 1.41 bits per heavy atom. The minimum absolute atomic E-state index is 0.00106. The van der Waals surface area contributed by atoms with Crippen LogP contribution in [0.3, 0.4) is 0 Å². The fraction of sp³-hybridized carbons (Fsp3) is 0.500. The second-order valence-electron chi connectivity index (χ2n) is 4.07. The van der Waals surface area contributed by atoms with E-state index in [1.807, 2.05) is 32.9 Å². The standard InChI is InChI=1S/C14H20O3/c1-4-11(9-15)14(16)12-6-7-13(17-5-2)10(3)8-12/h6-8,11,15H,4-5,9H2,1-3H3. The Morgan fingerprint density at radius 3 is 2.59 bits per heavy atom. The van der Waals surface area contributed by atoms with E-state index in [4.69, 9.17) is 9.84 Å². The van der Waals surface area contributed by atoms with Crippen molar-refractivity contribution in [2.45, 2.75) is 27.2 Å². The summed E-state index contributed by atoms with van der Waals surface area (Å²) in [4.78, 5) is 12.0. The highest BCUT2D eigenvalue weighted by atomic mass is 16.5. The number of ketones is 1. The molecule has 0 heterocycles. The number of aryl methyl sites for hydroxylation is 1. The lowest BCUT2D eigenvalue weighted by Crippen LogP contribution is -2.17. The first-order valence-electron chi connectivity index (χ1n) is 6.02. The quantitative estimate of drug-likeness (QED) is 0.772. The van der Waals surface area contributed by atoms with Gasteiger partial charge in [-0.3, -0.25) is 4.79 Å². The summed E-state index contributed by atoms with van der Waals surface area (Å²) >= 11 is 0. The zero-order chi connectivity index (χ0) is 12.8. The summed E-state index contributed by atoms with van der Waals surface area (Å²) in [5, 5.41) is 9.12. The number of hydrogen-bond acceptors (Lipinski definition) is 3. The largest absolute Gasteiger partial charge is 0.494 e. The van der Waals surface area contributed by atoms with Crippen molar-refractivity contribution in [1.29, 1.82) is 0 Å². The molecule has 1 rings (SSSR count). The van der Waals surface area contributed by atoms with E-state index in [1.54, 1.807) is 6.07 Å². The molecule has 0 aliphatic heterocycles. The minimum atomic E-state index is -0.299. The van der Waals surface area contributed by atoms with Gasteiger partial charge in [0, 0.05) is 11.5 Å². The average molecular weight is 236 g/mol. The first-order valence-corrected chi connectivity index (χ1v) is 6.02. The SMILES string of the molecule is CCOc1ccc(C(=O)C(CC)CO)cc1C. The third-order valence-electron chi connectivity index (χ3n) is 2.84. The van der Waals surface area contributed by atoms with Crippen LogP contribution in [0.5, 0.6) is 5.75 Å². The van der Waals surface area contributed by atoms with Crippen molar-refractivity contribution in [2.75, 3.05) is 13.2 Å². The summed E-state index contributed by atoms with van der Waals surface area (Å²) in [5.41, 5.74) is 1.59. The Balaban J connectivity index is 2.93. The molecule has 0 bridgehead atoms. The molecule has 1 atom stereocenters. The monoisotopic (exact) mass is 236 g/mol. The normalized spacial score (nSPS) is 12.2. The average Bonchev–Trinajstić information content (AvgIpc) is 2.33. The molecule has 1 aromatic rings. The van der Waals surface area contributed by atoms with Crippen molar-refractivity contribution < 1.29 is 14.6 Å². The van der Waals surface area contributed by atoms with E-state index in [9.17, 15) is 4.79 Å². The molecule has 0 radical (unpaired) electrons. The number of benzene rings is 1. The highest BCUT2D eigenvalue weighted by Gasteiger charge is 2.17. The summed E-state index contributed by atoms with van der Waals surface area (Å²) in [6.07, 6.45) is 0.654. The van der Waals surface area contributed by atoms with Crippen LogP contribution in [0.25, 0.3) is 0 Å². The van der Waals surface area contributed by atoms with Crippen molar-refractivity contribution in [3.63, 3.8) is 0 Å². The number of carbonyl (C=O) groups is 1. The van der Waals surface area contributed by atoms with Crippen molar-refractivity contribution in [3.8, 4) is 5.75 Å². The number of ether oxygens (including phenoxy) is 1. The van der Waals surface area contributed by atoms with Gasteiger partial charge in [0.15, 0.2) is 5.78 Å². The van der Waals surface area contributed by atoms with Crippen LogP contribution < -0.4 is 4.74 Å². The summed E-state index contributed by atoms with van der Waals surface area (Å²) in [6, 6.07) is 5.40. The van der Waals surface area contributed by atoms with Crippen LogP contribution in [0.4, 0.5) is 0 Å². The molecule has 3 nitrogen and oxygen atoms in total. The van der Waals surface area contributed by atoms with Gasteiger partial charge in [0.05, 0.1) is 13.2 Å². The van der Waals surface area contributed by atoms with Gasteiger partial charge in [-0.2, -0.15) is 0 Å². The Bertz CT molecular complexity index is 381. The first kappa shape index (κ1) is 13.7. The number of aliphatic hydroxyl groups is 1. The van der Waals surface area contributed by atoms with E-state index in [-0.39, 0.29) is 18.3 Å². The third kappa shape index (κ3) is 3.30. The minimum Gasteiger partial charge on any atom is -0.494 e. The van der Waals surface area contributed by atoms with Crippen LogP contribution in [0.1, 0.15) is 36.2 Å². The lowest BCUT2D eigenvalue weighted by Gasteiger charge is -2.12. The maximum Gasteiger partial charge on any atom is 0.168 e. The summed E-state index contributed by atoms with van der Waals surface area (Å²) in [7, 11) is 0. The van der Waals surface area contributed by atoms with Gasteiger partial charge < -0.3 is 9.84 Å². The van der Waals surface area contributed by atoms with Gasteiger partial charge in [-0.1, -0.05) is 6.92 Å². The highest BCUT2D eigenvalue weighted by molar-refractivity contribution is 5.98. The fourth-order valence-corrected chi connectivity index (χ4v) is 1.75. The predicted octanol–water partition coefficient (Wildman–Crippen LogP) is 2.59. The first-order chi connectivity index (χ1) is 8.13. The van der Waals surface area contributed by atoms with Crippen LogP contribution in [0.2, 0.25) is 0 Å². The van der Waals surface area contributed by atoms with Gasteiger partial charge in [-0.25, -0.2) is 0 Å². The van der Waals surface area contributed by atoms with Crippen molar-refractivity contribution in [1.82, 2.24) is 0 Å².